The average molecular weight is 465 g/mol. The van der Waals surface area contributed by atoms with E-state index in [0.29, 0.717) is 31.7 Å². The Hall–Kier alpha value is -2.95. The van der Waals surface area contributed by atoms with Gasteiger partial charge in [-0.15, -0.1) is 0 Å². The van der Waals surface area contributed by atoms with Crippen molar-refractivity contribution in [2.24, 2.45) is 0 Å². The van der Waals surface area contributed by atoms with Crippen molar-refractivity contribution in [3.63, 3.8) is 0 Å². The van der Waals surface area contributed by atoms with E-state index in [0.717, 1.165) is 27.0 Å². The summed E-state index contributed by atoms with van der Waals surface area (Å²) in [5.41, 5.74) is 2.77. The Bertz CT molecular complexity index is 1110. The van der Waals surface area contributed by atoms with Crippen molar-refractivity contribution >= 4 is 21.8 Å². The molecule has 6 nitrogen and oxygen atoms in total. The van der Waals surface area contributed by atoms with Gasteiger partial charge >= 0.3 is 0 Å². The minimum Gasteiger partial charge on any atom is -0.381 e. The van der Waals surface area contributed by atoms with Crippen LogP contribution < -0.4 is 5.32 Å². The van der Waals surface area contributed by atoms with Crippen LogP contribution in [0.5, 0.6) is 0 Å². The number of nitrogens with zero attached hydrogens (tertiary/aromatic N) is 3. The van der Waals surface area contributed by atoms with Gasteiger partial charge in [-0.05, 0) is 35.0 Å². The van der Waals surface area contributed by atoms with Crippen molar-refractivity contribution in [1.29, 1.82) is 5.26 Å². The topological polar surface area (TPSA) is 79.9 Å². The number of ether oxygens (including phenoxy) is 1. The van der Waals surface area contributed by atoms with Crippen LogP contribution in [-0.2, 0) is 4.74 Å². The second kappa shape index (κ2) is 8.42. The first-order valence-corrected chi connectivity index (χ1v) is 10.6. The zero-order valence-electron chi connectivity index (χ0n) is 16.6. The summed E-state index contributed by atoms with van der Waals surface area (Å²) in [5.74, 6) is -0.348. The Kier molecular flexibility index (Phi) is 5.71. The van der Waals surface area contributed by atoms with Gasteiger partial charge in [-0.25, -0.2) is 4.68 Å². The van der Waals surface area contributed by atoms with Crippen molar-refractivity contribution in [2.75, 3.05) is 13.2 Å². The summed E-state index contributed by atoms with van der Waals surface area (Å²) >= 11 is 3.59. The van der Waals surface area contributed by atoms with Gasteiger partial charge in [0.05, 0.1) is 17.5 Å². The maximum absolute atomic E-state index is 13.2. The summed E-state index contributed by atoms with van der Waals surface area (Å²) in [5, 5.41) is 17.3. The first kappa shape index (κ1) is 20.3. The number of aromatic nitrogens is 2. The number of rotatable bonds is 4. The van der Waals surface area contributed by atoms with Crippen LogP contribution in [-0.4, -0.2) is 34.4 Å². The fourth-order valence-electron chi connectivity index (χ4n) is 3.71. The third-order valence-electron chi connectivity index (χ3n) is 5.38. The number of hydrogen-bond donors (Lipinski definition) is 1. The zero-order chi connectivity index (χ0) is 21.1. The third kappa shape index (κ3) is 3.76. The number of para-hydroxylation sites is 1. The lowest BCUT2D eigenvalue weighted by molar-refractivity contribution is 0.0529. The highest BCUT2D eigenvalue weighted by Crippen LogP contribution is 2.32. The van der Waals surface area contributed by atoms with Crippen LogP contribution in [0, 0.1) is 18.3 Å². The summed E-state index contributed by atoms with van der Waals surface area (Å²) in [6.07, 6.45) is 0.926. The number of hydrogen-bond acceptors (Lipinski definition) is 4. The van der Waals surface area contributed by atoms with Gasteiger partial charge in [-0.1, -0.05) is 42.5 Å². The molecule has 1 N–H and O–H groups in total. The number of carbonyl (C=O) groups excluding carboxylic acids is 1. The van der Waals surface area contributed by atoms with Crippen molar-refractivity contribution < 1.29 is 9.53 Å². The Balaban J connectivity index is 1.81. The lowest BCUT2D eigenvalue weighted by atomic mass is 9.91. The molecule has 3 aromatic rings. The number of carbonyl (C=O) groups is 1. The quantitative estimate of drug-likeness (QED) is 0.619. The van der Waals surface area contributed by atoms with E-state index < -0.39 is 5.54 Å². The minimum atomic E-state index is -0.925. The molecule has 0 unspecified atom stereocenters. The summed E-state index contributed by atoms with van der Waals surface area (Å²) in [4.78, 5) is 13.2. The minimum absolute atomic E-state index is 0.311. The van der Waals surface area contributed by atoms with Gasteiger partial charge in [0, 0.05) is 41.7 Å². The molecule has 4 rings (SSSR count). The molecule has 0 radical (unpaired) electrons. The van der Waals surface area contributed by atoms with Gasteiger partial charge < -0.3 is 10.1 Å². The molecule has 2 aromatic carbocycles. The molecule has 30 heavy (non-hydrogen) atoms. The van der Waals surface area contributed by atoms with Crippen LogP contribution in [0.25, 0.3) is 16.9 Å². The highest BCUT2D eigenvalue weighted by molar-refractivity contribution is 9.10. The van der Waals surface area contributed by atoms with Crippen LogP contribution in [0.1, 0.15) is 28.9 Å². The van der Waals surface area contributed by atoms with Crippen LogP contribution in [0.15, 0.2) is 59.1 Å². The second-order valence-corrected chi connectivity index (χ2v) is 8.17. The van der Waals surface area contributed by atoms with E-state index in [-0.39, 0.29) is 5.91 Å². The van der Waals surface area contributed by atoms with E-state index in [2.05, 4.69) is 32.4 Å². The third-order valence-corrected chi connectivity index (χ3v) is 6.05. The molecule has 1 aliphatic heterocycles. The summed E-state index contributed by atoms with van der Waals surface area (Å²) in [6, 6.07) is 19.9. The van der Waals surface area contributed by atoms with E-state index in [9.17, 15) is 10.1 Å². The Labute approximate surface area is 183 Å². The van der Waals surface area contributed by atoms with Crippen LogP contribution in [0.3, 0.4) is 0 Å². The standard InChI is InChI=1S/C23H21BrN4O2/c1-16-20(22(29)26-23(15-25)11-13-30-14-12-23)27-28(19-10-6-5-9-18(19)24)21(16)17-7-3-2-4-8-17/h2-10H,11-14H2,1H3,(H,26,29). The van der Waals surface area contributed by atoms with Gasteiger partial charge in [-0.3, -0.25) is 4.79 Å². The largest absolute Gasteiger partial charge is 0.381 e. The SMILES string of the molecule is Cc1c(C(=O)NC2(C#N)CCOCC2)nn(-c2ccccc2Br)c1-c1ccccc1. The molecule has 1 aromatic heterocycles. The number of nitrogens with one attached hydrogen (secondary N) is 1. The van der Waals surface area contributed by atoms with Crippen molar-refractivity contribution in [2.45, 2.75) is 25.3 Å². The van der Waals surface area contributed by atoms with Crippen molar-refractivity contribution in [3.8, 4) is 23.0 Å². The Morgan fingerprint density at radius 3 is 2.50 bits per heavy atom. The highest BCUT2D eigenvalue weighted by Gasteiger charge is 2.36. The Morgan fingerprint density at radius 1 is 1.17 bits per heavy atom. The van der Waals surface area contributed by atoms with Gasteiger partial charge in [0.1, 0.15) is 5.54 Å². The molecule has 0 bridgehead atoms. The average Bonchev–Trinajstić information content (AvgIpc) is 3.12. The maximum atomic E-state index is 13.2. The van der Waals surface area contributed by atoms with Gasteiger partial charge in [0.25, 0.3) is 5.91 Å². The molecule has 0 atom stereocenters. The van der Waals surface area contributed by atoms with Crippen LogP contribution in [0.2, 0.25) is 0 Å². The number of halogens is 1. The highest BCUT2D eigenvalue weighted by atomic mass is 79.9. The number of benzene rings is 2. The molecule has 152 valence electrons. The second-order valence-electron chi connectivity index (χ2n) is 7.31. The summed E-state index contributed by atoms with van der Waals surface area (Å²) in [7, 11) is 0. The molecular formula is C23H21BrN4O2. The van der Waals surface area contributed by atoms with Gasteiger partial charge in [0.15, 0.2) is 5.69 Å². The molecule has 1 aliphatic rings. The smallest absolute Gasteiger partial charge is 0.273 e. The predicted molar refractivity (Wildman–Crippen MR) is 117 cm³/mol. The van der Waals surface area contributed by atoms with Crippen molar-refractivity contribution in [1.82, 2.24) is 15.1 Å². The van der Waals surface area contributed by atoms with E-state index in [1.165, 1.54) is 0 Å². The lowest BCUT2D eigenvalue weighted by Gasteiger charge is -2.31. The molecule has 0 aliphatic carbocycles. The molecule has 1 fully saturated rings. The number of amides is 1. The predicted octanol–water partition coefficient (Wildman–Crippen LogP) is 4.41. The summed E-state index contributed by atoms with van der Waals surface area (Å²) < 4.78 is 8.02. The number of nitriles is 1. The fourth-order valence-corrected chi connectivity index (χ4v) is 4.16. The van der Waals surface area contributed by atoms with Crippen molar-refractivity contribution in [3.05, 3.63) is 70.3 Å². The maximum Gasteiger partial charge on any atom is 0.273 e. The molecule has 1 saturated heterocycles. The lowest BCUT2D eigenvalue weighted by Crippen LogP contribution is -2.51. The first-order chi connectivity index (χ1) is 14.5. The normalized spacial score (nSPS) is 15.4. The molecule has 1 amide bonds. The molecule has 0 saturated carbocycles. The molecule has 0 spiro atoms. The molecule has 7 heteroatoms. The first-order valence-electron chi connectivity index (χ1n) is 9.76. The van der Waals surface area contributed by atoms with Crippen LogP contribution >= 0.6 is 15.9 Å². The van der Waals surface area contributed by atoms with Gasteiger partial charge in [0.2, 0.25) is 0 Å². The fraction of sp³-hybridized carbons (Fsp3) is 0.261. The Morgan fingerprint density at radius 2 is 1.83 bits per heavy atom. The summed E-state index contributed by atoms with van der Waals surface area (Å²) in [6.45, 7) is 2.79. The van der Waals surface area contributed by atoms with E-state index >= 15 is 0 Å². The van der Waals surface area contributed by atoms with E-state index in [1.807, 2.05) is 61.5 Å². The van der Waals surface area contributed by atoms with E-state index in [4.69, 9.17) is 4.74 Å². The molecule has 2 heterocycles. The van der Waals surface area contributed by atoms with Crippen LogP contribution in [0.4, 0.5) is 0 Å². The van der Waals surface area contributed by atoms with E-state index in [1.54, 1.807) is 4.68 Å². The molecular weight excluding hydrogens is 444 g/mol. The monoisotopic (exact) mass is 464 g/mol. The van der Waals surface area contributed by atoms with Gasteiger partial charge in [-0.2, -0.15) is 10.4 Å². The zero-order valence-corrected chi connectivity index (χ0v) is 18.1.